The molecule has 2 N–H and O–H groups in total. The van der Waals surface area contributed by atoms with Crippen LogP contribution in [0.15, 0.2) is 48.7 Å². The summed E-state index contributed by atoms with van der Waals surface area (Å²) >= 11 is 6.14. The second-order valence-corrected chi connectivity index (χ2v) is 9.33. The number of benzene rings is 2. The molecule has 3 aromatic rings. The van der Waals surface area contributed by atoms with Crippen molar-refractivity contribution < 1.29 is 9.53 Å². The lowest BCUT2D eigenvalue weighted by Gasteiger charge is -2.45. The lowest BCUT2D eigenvalue weighted by molar-refractivity contribution is -0.142. The standard InChI is InChI=1S/C24H25ClN4O2/c25-17-6-7-21-20(13-17)27-23(31-21)28-12-10-24(15-28)9-2-5-22(30)29(24)14-16-3-1-4-19-18(16)8-11-26-19/h1,3-4,6-8,11,13,23,26-27H,2,5,9-10,12,14-15H2. The summed E-state index contributed by atoms with van der Waals surface area (Å²) in [5.41, 5.74) is 3.09. The summed E-state index contributed by atoms with van der Waals surface area (Å²) in [4.78, 5) is 20.9. The predicted octanol–water partition coefficient (Wildman–Crippen LogP) is 4.57. The van der Waals surface area contributed by atoms with Crippen molar-refractivity contribution in [3.05, 3.63) is 59.2 Å². The summed E-state index contributed by atoms with van der Waals surface area (Å²) < 4.78 is 6.16. The van der Waals surface area contributed by atoms with E-state index in [1.807, 2.05) is 24.4 Å². The van der Waals surface area contributed by atoms with Gasteiger partial charge in [0.2, 0.25) is 12.3 Å². The van der Waals surface area contributed by atoms with Gasteiger partial charge in [-0.25, -0.2) is 4.90 Å². The van der Waals surface area contributed by atoms with E-state index in [0.29, 0.717) is 18.0 Å². The Morgan fingerprint density at radius 2 is 2.13 bits per heavy atom. The summed E-state index contributed by atoms with van der Waals surface area (Å²) in [6, 6.07) is 14.0. The van der Waals surface area contributed by atoms with Gasteiger partial charge in [-0.15, -0.1) is 0 Å². The molecule has 4 heterocycles. The Morgan fingerprint density at radius 1 is 1.19 bits per heavy atom. The number of carbonyl (C=O) groups excluding carboxylic acids is 1. The Hall–Kier alpha value is -2.70. The van der Waals surface area contributed by atoms with Gasteiger partial charge in [-0.3, -0.25) is 4.79 Å². The zero-order chi connectivity index (χ0) is 21.0. The Labute approximate surface area is 186 Å². The number of aromatic nitrogens is 1. The molecule has 1 spiro atoms. The molecule has 6 rings (SSSR count). The van der Waals surface area contributed by atoms with Crippen molar-refractivity contribution >= 4 is 34.1 Å². The molecule has 0 bridgehead atoms. The van der Waals surface area contributed by atoms with Crippen LogP contribution in [-0.2, 0) is 11.3 Å². The number of anilines is 1. The fraction of sp³-hybridized carbons (Fsp3) is 0.375. The first-order valence-electron chi connectivity index (χ1n) is 10.9. The smallest absolute Gasteiger partial charge is 0.230 e. The quantitative estimate of drug-likeness (QED) is 0.631. The van der Waals surface area contributed by atoms with Gasteiger partial charge < -0.3 is 19.9 Å². The molecule has 7 heteroatoms. The number of aromatic amines is 1. The van der Waals surface area contributed by atoms with Crippen LogP contribution in [0, 0.1) is 0 Å². The molecular weight excluding hydrogens is 412 g/mol. The number of hydrogen-bond acceptors (Lipinski definition) is 4. The lowest BCUT2D eigenvalue weighted by atomic mass is 9.84. The third-order valence-corrected chi connectivity index (χ3v) is 7.31. The molecule has 6 nitrogen and oxygen atoms in total. The third-order valence-electron chi connectivity index (χ3n) is 7.07. The molecule has 0 saturated carbocycles. The van der Waals surface area contributed by atoms with Gasteiger partial charge in [0.15, 0.2) is 0 Å². The maximum absolute atomic E-state index is 13.1. The van der Waals surface area contributed by atoms with E-state index in [0.717, 1.165) is 49.3 Å². The monoisotopic (exact) mass is 436 g/mol. The second kappa shape index (κ2) is 7.18. The van der Waals surface area contributed by atoms with E-state index in [9.17, 15) is 4.79 Å². The molecule has 2 aromatic carbocycles. The number of piperidine rings is 1. The number of hydrogen-bond donors (Lipinski definition) is 2. The van der Waals surface area contributed by atoms with Crippen molar-refractivity contribution in [2.24, 2.45) is 0 Å². The first-order chi connectivity index (χ1) is 15.1. The molecule has 2 saturated heterocycles. The van der Waals surface area contributed by atoms with Gasteiger partial charge in [0.1, 0.15) is 5.75 Å². The average Bonchev–Trinajstić information content (AvgIpc) is 3.49. The summed E-state index contributed by atoms with van der Waals surface area (Å²) in [7, 11) is 0. The van der Waals surface area contributed by atoms with Crippen LogP contribution in [0.3, 0.4) is 0 Å². The highest BCUT2D eigenvalue weighted by atomic mass is 35.5. The van der Waals surface area contributed by atoms with Crippen LogP contribution in [0.2, 0.25) is 5.02 Å². The molecule has 1 aromatic heterocycles. The van der Waals surface area contributed by atoms with Gasteiger partial charge in [-0.2, -0.15) is 0 Å². The largest absolute Gasteiger partial charge is 0.455 e. The lowest BCUT2D eigenvalue weighted by Crippen LogP contribution is -2.56. The number of nitrogens with one attached hydrogen (secondary N) is 2. The van der Waals surface area contributed by atoms with E-state index in [1.54, 1.807) is 0 Å². The molecule has 2 unspecified atom stereocenters. The molecule has 0 radical (unpaired) electrons. The van der Waals surface area contributed by atoms with E-state index in [-0.39, 0.29) is 17.8 Å². The van der Waals surface area contributed by atoms with Gasteiger partial charge in [-0.05, 0) is 55.2 Å². The minimum Gasteiger partial charge on any atom is -0.455 e. The number of carbonyl (C=O) groups is 1. The van der Waals surface area contributed by atoms with Crippen LogP contribution >= 0.6 is 11.6 Å². The van der Waals surface area contributed by atoms with E-state index in [1.165, 1.54) is 10.9 Å². The van der Waals surface area contributed by atoms with E-state index in [2.05, 4.69) is 44.4 Å². The van der Waals surface area contributed by atoms with Crippen molar-refractivity contribution in [1.29, 1.82) is 0 Å². The zero-order valence-electron chi connectivity index (χ0n) is 17.2. The maximum Gasteiger partial charge on any atom is 0.230 e. The topological polar surface area (TPSA) is 60.6 Å². The number of rotatable bonds is 3. The van der Waals surface area contributed by atoms with E-state index < -0.39 is 0 Å². The fourth-order valence-corrected chi connectivity index (χ4v) is 5.67. The summed E-state index contributed by atoms with van der Waals surface area (Å²) in [6.45, 7) is 2.34. The minimum absolute atomic E-state index is 0.148. The highest BCUT2D eigenvalue weighted by Crippen LogP contribution is 2.42. The van der Waals surface area contributed by atoms with Crippen LogP contribution in [0.4, 0.5) is 5.69 Å². The number of ether oxygens (including phenoxy) is 1. The first-order valence-corrected chi connectivity index (χ1v) is 11.3. The second-order valence-electron chi connectivity index (χ2n) is 8.89. The van der Waals surface area contributed by atoms with Crippen LogP contribution in [0.25, 0.3) is 10.9 Å². The number of nitrogens with zero attached hydrogens (tertiary/aromatic N) is 2. The SMILES string of the molecule is O=C1CCCC2(CCN(C3Nc4cc(Cl)ccc4O3)C2)N1Cc1cccc2[nH]ccc12. The van der Waals surface area contributed by atoms with E-state index in [4.69, 9.17) is 16.3 Å². The van der Waals surface area contributed by atoms with Crippen molar-refractivity contribution in [3.63, 3.8) is 0 Å². The Kier molecular flexibility index (Phi) is 4.40. The first kappa shape index (κ1) is 19.0. The van der Waals surface area contributed by atoms with Gasteiger partial charge in [0, 0.05) is 48.2 Å². The van der Waals surface area contributed by atoms with Crippen molar-refractivity contribution in [2.75, 3.05) is 18.4 Å². The predicted molar refractivity (Wildman–Crippen MR) is 121 cm³/mol. The Balaban J connectivity index is 1.25. The van der Waals surface area contributed by atoms with Crippen LogP contribution in [-0.4, -0.2) is 45.7 Å². The molecule has 3 aliphatic heterocycles. The maximum atomic E-state index is 13.1. The average molecular weight is 437 g/mol. The minimum atomic E-state index is -0.222. The molecular formula is C24H25ClN4O2. The van der Waals surface area contributed by atoms with E-state index >= 15 is 0 Å². The van der Waals surface area contributed by atoms with Crippen LogP contribution in [0.1, 0.15) is 31.2 Å². The number of fused-ring (bicyclic) bond motifs is 2. The van der Waals surface area contributed by atoms with Crippen LogP contribution in [0.5, 0.6) is 5.75 Å². The molecule has 160 valence electrons. The molecule has 0 aliphatic carbocycles. The molecule has 3 aliphatic rings. The molecule has 1 amide bonds. The summed E-state index contributed by atoms with van der Waals surface area (Å²) in [6.07, 6.45) is 5.32. The number of amides is 1. The Bertz CT molecular complexity index is 1160. The highest BCUT2D eigenvalue weighted by molar-refractivity contribution is 6.31. The number of likely N-dealkylation sites (tertiary alicyclic amines) is 2. The summed E-state index contributed by atoms with van der Waals surface area (Å²) in [5, 5.41) is 5.33. The zero-order valence-corrected chi connectivity index (χ0v) is 18.0. The van der Waals surface area contributed by atoms with Gasteiger partial charge >= 0.3 is 0 Å². The third kappa shape index (κ3) is 3.17. The molecule has 31 heavy (non-hydrogen) atoms. The van der Waals surface area contributed by atoms with Crippen molar-refractivity contribution in [3.8, 4) is 5.75 Å². The van der Waals surface area contributed by atoms with Gasteiger partial charge in [-0.1, -0.05) is 23.7 Å². The normalized spacial score (nSPS) is 25.8. The number of halogens is 1. The highest BCUT2D eigenvalue weighted by Gasteiger charge is 2.49. The Morgan fingerprint density at radius 3 is 3.06 bits per heavy atom. The van der Waals surface area contributed by atoms with Crippen molar-refractivity contribution in [2.45, 2.75) is 44.1 Å². The molecule has 2 fully saturated rings. The van der Waals surface area contributed by atoms with Gasteiger partial charge in [0.05, 0.1) is 11.2 Å². The van der Waals surface area contributed by atoms with Crippen molar-refractivity contribution in [1.82, 2.24) is 14.8 Å². The molecule has 2 atom stereocenters. The fourth-order valence-electron chi connectivity index (χ4n) is 5.50. The number of H-pyrrole nitrogens is 1. The van der Waals surface area contributed by atoms with Gasteiger partial charge in [0.25, 0.3) is 0 Å². The van der Waals surface area contributed by atoms with Crippen LogP contribution < -0.4 is 10.1 Å². The summed E-state index contributed by atoms with van der Waals surface area (Å²) in [5.74, 6) is 1.09.